The summed E-state index contributed by atoms with van der Waals surface area (Å²) in [6.07, 6.45) is 3.49. The van der Waals surface area contributed by atoms with Crippen molar-refractivity contribution in [2.75, 3.05) is 0 Å². The summed E-state index contributed by atoms with van der Waals surface area (Å²) < 4.78 is 0. The third-order valence-electron chi connectivity index (χ3n) is 2.29. The van der Waals surface area contributed by atoms with Crippen LogP contribution in [-0.4, -0.2) is 9.97 Å². The van der Waals surface area contributed by atoms with Crippen molar-refractivity contribution in [2.45, 2.75) is 6.92 Å². The SMILES string of the molecule is C=C(c1ccc(Cl)c(C)c1)c1ncc[nH]1. The molecule has 0 aliphatic heterocycles. The molecule has 0 saturated carbocycles. The summed E-state index contributed by atoms with van der Waals surface area (Å²) in [6, 6.07) is 5.83. The molecule has 0 radical (unpaired) electrons. The number of halogens is 1. The van der Waals surface area contributed by atoms with Crippen molar-refractivity contribution in [3.8, 4) is 0 Å². The normalized spacial score (nSPS) is 10.3. The van der Waals surface area contributed by atoms with Crippen molar-refractivity contribution < 1.29 is 0 Å². The number of aromatic amines is 1. The monoisotopic (exact) mass is 218 g/mol. The largest absolute Gasteiger partial charge is 0.345 e. The lowest BCUT2D eigenvalue weighted by molar-refractivity contribution is 1.24. The molecule has 1 heterocycles. The van der Waals surface area contributed by atoms with Crippen LogP contribution >= 0.6 is 11.6 Å². The van der Waals surface area contributed by atoms with Gasteiger partial charge in [-0.2, -0.15) is 0 Å². The molecule has 0 spiro atoms. The molecule has 3 heteroatoms. The maximum Gasteiger partial charge on any atom is 0.137 e. The van der Waals surface area contributed by atoms with Gasteiger partial charge in [-0.3, -0.25) is 0 Å². The second kappa shape index (κ2) is 3.91. The van der Waals surface area contributed by atoms with Crippen LogP contribution in [0.2, 0.25) is 5.02 Å². The van der Waals surface area contributed by atoms with E-state index < -0.39 is 0 Å². The number of aryl methyl sites for hydroxylation is 1. The molecule has 76 valence electrons. The molecule has 1 N–H and O–H groups in total. The van der Waals surface area contributed by atoms with Gasteiger partial charge in [0.05, 0.1) is 0 Å². The van der Waals surface area contributed by atoms with Gasteiger partial charge >= 0.3 is 0 Å². The fourth-order valence-electron chi connectivity index (χ4n) is 1.40. The molecule has 2 aromatic rings. The number of hydrogen-bond acceptors (Lipinski definition) is 1. The van der Waals surface area contributed by atoms with Gasteiger partial charge in [0, 0.05) is 23.0 Å². The lowest BCUT2D eigenvalue weighted by Gasteiger charge is -2.05. The van der Waals surface area contributed by atoms with Gasteiger partial charge in [-0.15, -0.1) is 0 Å². The van der Waals surface area contributed by atoms with Gasteiger partial charge in [0.2, 0.25) is 0 Å². The average Bonchev–Trinajstić information content (AvgIpc) is 2.74. The van der Waals surface area contributed by atoms with Gasteiger partial charge in [-0.05, 0) is 30.2 Å². The number of rotatable bonds is 2. The smallest absolute Gasteiger partial charge is 0.137 e. The van der Waals surface area contributed by atoms with Crippen LogP contribution in [0.25, 0.3) is 5.57 Å². The number of hydrogen-bond donors (Lipinski definition) is 1. The van der Waals surface area contributed by atoms with Crippen molar-refractivity contribution in [1.82, 2.24) is 9.97 Å². The molecule has 1 aromatic carbocycles. The van der Waals surface area contributed by atoms with Gasteiger partial charge in [-0.1, -0.05) is 24.2 Å². The highest BCUT2D eigenvalue weighted by Gasteiger charge is 2.05. The first-order chi connectivity index (χ1) is 7.18. The van der Waals surface area contributed by atoms with E-state index in [1.807, 2.05) is 25.1 Å². The molecule has 2 nitrogen and oxygen atoms in total. The Bertz CT molecular complexity index is 486. The van der Waals surface area contributed by atoms with Crippen molar-refractivity contribution in [2.24, 2.45) is 0 Å². The second-order valence-electron chi connectivity index (χ2n) is 3.38. The fourth-order valence-corrected chi connectivity index (χ4v) is 1.52. The van der Waals surface area contributed by atoms with E-state index in [4.69, 9.17) is 11.6 Å². The number of nitrogens with zero attached hydrogens (tertiary/aromatic N) is 1. The van der Waals surface area contributed by atoms with Crippen LogP contribution in [-0.2, 0) is 0 Å². The molecule has 0 amide bonds. The molecule has 0 bridgehead atoms. The van der Waals surface area contributed by atoms with E-state index in [0.717, 1.165) is 27.5 Å². The molecule has 0 aliphatic carbocycles. The van der Waals surface area contributed by atoms with Gasteiger partial charge in [0.25, 0.3) is 0 Å². The van der Waals surface area contributed by atoms with Crippen molar-refractivity contribution in [1.29, 1.82) is 0 Å². The molecular formula is C12H11ClN2. The summed E-state index contributed by atoms with van der Waals surface area (Å²) in [5, 5.41) is 0.769. The molecular weight excluding hydrogens is 208 g/mol. The minimum Gasteiger partial charge on any atom is -0.345 e. The molecule has 0 atom stereocenters. The molecule has 0 saturated heterocycles. The molecule has 0 unspecified atom stereocenters. The summed E-state index contributed by atoms with van der Waals surface area (Å²) in [4.78, 5) is 7.18. The van der Waals surface area contributed by atoms with Crippen molar-refractivity contribution in [3.63, 3.8) is 0 Å². The zero-order chi connectivity index (χ0) is 10.8. The summed E-state index contributed by atoms with van der Waals surface area (Å²) in [6.45, 7) is 5.97. The lowest BCUT2D eigenvalue weighted by atomic mass is 10.0. The maximum absolute atomic E-state index is 5.96. The van der Waals surface area contributed by atoms with Crippen LogP contribution in [0, 0.1) is 6.92 Å². The number of benzene rings is 1. The first-order valence-corrected chi connectivity index (χ1v) is 5.01. The summed E-state index contributed by atoms with van der Waals surface area (Å²) >= 11 is 5.96. The predicted molar refractivity (Wildman–Crippen MR) is 62.9 cm³/mol. The van der Waals surface area contributed by atoms with Crippen molar-refractivity contribution in [3.05, 3.63) is 59.1 Å². The Morgan fingerprint density at radius 2 is 2.27 bits per heavy atom. The van der Waals surface area contributed by atoms with E-state index in [1.165, 1.54) is 0 Å². The fraction of sp³-hybridized carbons (Fsp3) is 0.0833. The Morgan fingerprint density at radius 3 is 2.87 bits per heavy atom. The molecule has 2 rings (SSSR count). The third-order valence-corrected chi connectivity index (χ3v) is 2.71. The maximum atomic E-state index is 5.96. The second-order valence-corrected chi connectivity index (χ2v) is 3.79. The van der Waals surface area contributed by atoms with Crippen LogP contribution < -0.4 is 0 Å². The highest BCUT2D eigenvalue weighted by atomic mass is 35.5. The number of aromatic nitrogens is 2. The van der Waals surface area contributed by atoms with E-state index in [0.29, 0.717) is 0 Å². The first-order valence-electron chi connectivity index (χ1n) is 4.63. The Labute approximate surface area is 93.6 Å². The number of H-pyrrole nitrogens is 1. The van der Waals surface area contributed by atoms with Gasteiger partial charge in [0.1, 0.15) is 5.82 Å². The summed E-state index contributed by atoms with van der Waals surface area (Å²) in [5.74, 6) is 0.789. The van der Waals surface area contributed by atoms with Crippen LogP contribution in [0.4, 0.5) is 0 Å². The highest BCUT2D eigenvalue weighted by Crippen LogP contribution is 2.23. The third kappa shape index (κ3) is 1.95. The zero-order valence-electron chi connectivity index (χ0n) is 8.42. The summed E-state index contributed by atoms with van der Waals surface area (Å²) in [7, 11) is 0. The quantitative estimate of drug-likeness (QED) is 0.822. The number of imidazole rings is 1. The summed E-state index contributed by atoms with van der Waals surface area (Å²) in [5.41, 5.74) is 2.95. The van der Waals surface area contributed by atoms with Crippen LogP contribution in [0.15, 0.2) is 37.2 Å². The standard InChI is InChI=1S/C12H11ClN2/c1-8-7-10(3-4-11(8)13)9(2)12-14-5-6-15-12/h3-7H,2H2,1H3,(H,14,15). The van der Waals surface area contributed by atoms with Crippen LogP contribution in [0.1, 0.15) is 17.0 Å². The van der Waals surface area contributed by atoms with Gasteiger partial charge in [0.15, 0.2) is 0 Å². The van der Waals surface area contributed by atoms with E-state index >= 15 is 0 Å². The van der Waals surface area contributed by atoms with E-state index in [2.05, 4.69) is 16.5 Å². The molecule has 1 aromatic heterocycles. The van der Waals surface area contributed by atoms with E-state index in [9.17, 15) is 0 Å². The molecule has 15 heavy (non-hydrogen) atoms. The minimum atomic E-state index is 0.769. The Balaban J connectivity index is 2.39. The average molecular weight is 219 g/mol. The zero-order valence-corrected chi connectivity index (χ0v) is 9.17. The topological polar surface area (TPSA) is 28.7 Å². The number of nitrogens with one attached hydrogen (secondary N) is 1. The lowest BCUT2D eigenvalue weighted by Crippen LogP contribution is -1.89. The van der Waals surface area contributed by atoms with E-state index in [1.54, 1.807) is 12.4 Å². The minimum absolute atomic E-state index is 0.769. The van der Waals surface area contributed by atoms with Gasteiger partial charge < -0.3 is 4.98 Å². The Morgan fingerprint density at radius 1 is 1.47 bits per heavy atom. The first kappa shape index (κ1) is 9.99. The van der Waals surface area contributed by atoms with E-state index in [-0.39, 0.29) is 0 Å². The van der Waals surface area contributed by atoms with Crippen molar-refractivity contribution >= 4 is 17.2 Å². The molecule has 0 aliphatic rings. The highest BCUT2D eigenvalue weighted by molar-refractivity contribution is 6.31. The Hall–Kier alpha value is -1.54. The Kier molecular flexibility index (Phi) is 2.60. The van der Waals surface area contributed by atoms with Crippen LogP contribution in [0.5, 0.6) is 0 Å². The van der Waals surface area contributed by atoms with Gasteiger partial charge in [-0.25, -0.2) is 4.98 Å². The molecule has 0 fully saturated rings. The van der Waals surface area contributed by atoms with Crippen LogP contribution in [0.3, 0.4) is 0 Å². The predicted octanol–water partition coefficient (Wildman–Crippen LogP) is 3.43.